The summed E-state index contributed by atoms with van der Waals surface area (Å²) in [6.45, 7) is 1.92. The molecule has 0 atom stereocenters. The highest BCUT2D eigenvalue weighted by molar-refractivity contribution is 6.30. The highest BCUT2D eigenvalue weighted by Gasteiger charge is 2.22. The van der Waals surface area contributed by atoms with Crippen molar-refractivity contribution in [3.05, 3.63) is 40.8 Å². The molecule has 1 aliphatic heterocycles. The van der Waals surface area contributed by atoms with Crippen molar-refractivity contribution in [2.75, 3.05) is 12.4 Å². The summed E-state index contributed by atoms with van der Waals surface area (Å²) in [4.78, 5) is 15.7. The third kappa shape index (κ3) is 2.14. The van der Waals surface area contributed by atoms with Gasteiger partial charge in [0.15, 0.2) is 0 Å². The van der Waals surface area contributed by atoms with Gasteiger partial charge in [0.1, 0.15) is 16.6 Å². The van der Waals surface area contributed by atoms with E-state index in [1.807, 2.05) is 19.1 Å². The van der Waals surface area contributed by atoms with Crippen molar-refractivity contribution < 1.29 is 9.53 Å². The van der Waals surface area contributed by atoms with Gasteiger partial charge in [0.25, 0.3) is 0 Å². The number of fused-ring (bicyclic) bond motifs is 2. The molecule has 3 heterocycles. The first-order valence-corrected chi connectivity index (χ1v) is 7.46. The van der Waals surface area contributed by atoms with E-state index in [1.54, 1.807) is 24.1 Å². The molecule has 0 fully saturated rings. The van der Waals surface area contributed by atoms with E-state index < -0.39 is 0 Å². The summed E-state index contributed by atoms with van der Waals surface area (Å²) < 4.78 is 7.27. The van der Waals surface area contributed by atoms with E-state index in [-0.39, 0.29) is 5.91 Å². The lowest BCUT2D eigenvalue weighted by Gasteiger charge is -2.12. The summed E-state index contributed by atoms with van der Waals surface area (Å²) in [6, 6.07) is 5.51. The Morgan fingerprint density at radius 2 is 2.17 bits per heavy atom. The maximum Gasteiger partial charge on any atom is 0.228 e. The first-order chi connectivity index (χ1) is 11.1. The van der Waals surface area contributed by atoms with Gasteiger partial charge >= 0.3 is 0 Å². The predicted octanol–water partition coefficient (Wildman–Crippen LogP) is 2.89. The minimum absolute atomic E-state index is 0.0204. The van der Waals surface area contributed by atoms with Crippen LogP contribution < -0.4 is 10.1 Å². The van der Waals surface area contributed by atoms with Crippen LogP contribution in [0.4, 0.5) is 5.69 Å². The molecule has 1 N–H and O–H groups in total. The van der Waals surface area contributed by atoms with E-state index in [4.69, 9.17) is 16.3 Å². The number of anilines is 1. The average molecular weight is 329 g/mol. The third-order valence-electron chi connectivity index (χ3n) is 3.97. The van der Waals surface area contributed by atoms with Crippen molar-refractivity contribution >= 4 is 34.1 Å². The molecule has 23 heavy (non-hydrogen) atoms. The van der Waals surface area contributed by atoms with E-state index >= 15 is 0 Å². The van der Waals surface area contributed by atoms with Gasteiger partial charge in [-0.25, -0.2) is 9.67 Å². The number of aromatic nitrogens is 3. The average Bonchev–Trinajstić information content (AvgIpc) is 3.04. The van der Waals surface area contributed by atoms with Gasteiger partial charge in [0.2, 0.25) is 5.91 Å². The zero-order valence-corrected chi connectivity index (χ0v) is 13.3. The van der Waals surface area contributed by atoms with Gasteiger partial charge in [-0.15, -0.1) is 0 Å². The van der Waals surface area contributed by atoms with Crippen molar-refractivity contribution in [3.8, 4) is 11.4 Å². The van der Waals surface area contributed by atoms with Crippen molar-refractivity contribution in [1.29, 1.82) is 0 Å². The largest absolute Gasteiger partial charge is 0.494 e. The van der Waals surface area contributed by atoms with E-state index in [2.05, 4.69) is 15.4 Å². The predicted molar refractivity (Wildman–Crippen MR) is 87.5 cm³/mol. The number of hydrogen-bond donors (Lipinski definition) is 1. The number of nitrogens with one attached hydrogen (secondary N) is 1. The fourth-order valence-electron chi connectivity index (χ4n) is 2.89. The highest BCUT2D eigenvalue weighted by atomic mass is 35.5. The molecule has 6 nitrogen and oxygen atoms in total. The molecule has 1 aromatic carbocycles. The van der Waals surface area contributed by atoms with Crippen LogP contribution in [0, 0.1) is 6.92 Å². The Hall–Kier alpha value is -2.60. The van der Waals surface area contributed by atoms with Crippen LogP contribution in [0.1, 0.15) is 11.3 Å². The number of pyridine rings is 1. The topological polar surface area (TPSA) is 69.0 Å². The Morgan fingerprint density at radius 1 is 1.35 bits per heavy atom. The van der Waals surface area contributed by atoms with Gasteiger partial charge in [-0.3, -0.25) is 4.79 Å². The summed E-state index contributed by atoms with van der Waals surface area (Å²) in [6.07, 6.45) is 2.06. The standard InChI is InChI=1S/C16H13ClN4O2/c1-8-10-7-18-15(17)6-12(10)21(20-8)13-3-9-4-16(22)19-11(9)5-14(13)23-2/h3,5-7H,4H2,1-2H3,(H,19,22). The third-order valence-corrected chi connectivity index (χ3v) is 4.18. The fraction of sp³-hybridized carbons (Fsp3) is 0.188. The molecule has 0 saturated heterocycles. The number of ether oxygens (including phenoxy) is 1. The summed E-state index contributed by atoms with van der Waals surface area (Å²) in [5, 5.41) is 8.73. The molecule has 1 aliphatic rings. The van der Waals surface area contributed by atoms with Crippen LogP contribution in [0.5, 0.6) is 5.75 Å². The zero-order valence-electron chi connectivity index (χ0n) is 12.6. The number of benzene rings is 1. The van der Waals surface area contributed by atoms with Crippen molar-refractivity contribution in [2.24, 2.45) is 0 Å². The Balaban J connectivity index is 2.00. The second-order valence-corrected chi connectivity index (χ2v) is 5.81. The molecular weight excluding hydrogens is 316 g/mol. The van der Waals surface area contributed by atoms with Gasteiger partial charge in [-0.1, -0.05) is 11.6 Å². The van der Waals surface area contributed by atoms with Crippen LogP contribution in [0.25, 0.3) is 16.6 Å². The van der Waals surface area contributed by atoms with Gasteiger partial charge in [-0.05, 0) is 18.6 Å². The summed E-state index contributed by atoms with van der Waals surface area (Å²) in [5.41, 5.74) is 4.16. The molecule has 0 unspecified atom stereocenters. The van der Waals surface area contributed by atoms with Gasteiger partial charge < -0.3 is 10.1 Å². The maximum absolute atomic E-state index is 11.6. The quantitative estimate of drug-likeness (QED) is 0.734. The minimum Gasteiger partial charge on any atom is -0.494 e. The molecular formula is C16H13ClN4O2. The monoisotopic (exact) mass is 328 g/mol. The molecule has 0 spiro atoms. The van der Waals surface area contributed by atoms with Gasteiger partial charge in [-0.2, -0.15) is 5.10 Å². The Kier molecular flexibility index (Phi) is 3.02. The minimum atomic E-state index is -0.0204. The molecule has 2 aromatic heterocycles. The number of amides is 1. The molecule has 7 heteroatoms. The van der Waals surface area contributed by atoms with Gasteiger partial charge in [0.05, 0.1) is 24.7 Å². The lowest BCUT2D eigenvalue weighted by molar-refractivity contribution is -0.115. The van der Waals surface area contributed by atoms with E-state index in [0.29, 0.717) is 17.3 Å². The lowest BCUT2D eigenvalue weighted by atomic mass is 10.1. The van der Waals surface area contributed by atoms with Crippen LogP contribution in [-0.4, -0.2) is 27.8 Å². The van der Waals surface area contributed by atoms with Crippen molar-refractivity contribution in [3.63, 3.8) is 0 Å². The van der Waals surface area contributed by atoms with Crippen molar-refractivity contribution in [2.45, 2.75) is 13.3 Å². The van der Waals surface area contributed by atoms with Crippen LogP contribution in [-0.2, 0) is 11.2 Å². The molecule has 116 valence electrons. The normalized spacial score (nSPS) is 13.3. The van der Waals surface area contributed by atoms with Crippen molar-refractivity contribution in [1.82, 2.24) is 14.8 Å². The Labute approximate surface area is 137 Å². The number of aryl methyl sites for hydroxylation is 1. The molecule has 4 rings (SSSR count). The summed E-state index contributed by atoms with van der Waals surface area (Å²) in [7, 11) is 1.59. The molecule has 1 amide bonds. The number of carbonyl (C=O) groups is 1. The first kappa shape index (κ1) is 14.0. The molecule has 0 aliphatic carbocycles. The summed E-state index contributed by atoms with van der Waals surface area (Å²) in [5.74, 6) is 0.608. The molecule has 0 radical (unpaired) electrons. The maximum atomic E-state index is 11.6. The molecule has 0 bridgehead atoms. The second-order valence-electron chi connectivity index (χ2n) is 5.43. The first-order valence-electron chi connectivity index (χ1n) is 7.09. The number of methoxy groups -OCH3 is 1. The Morgan fingerprint density at radius 3 is 2.96 bits per heavy atom. The Bertz CT molecular complexity index is 964. The number of rotatable bonds is 2. The van der Waals surface area contributed by atoms with E-state index in [1.165, 1.54) is 0 Å². The smallest absolute Gasteiger partial charge is 0.228 e. The second kappa shape index (κ2) is 4.96. The fourth-order valence-corrected chi connectivity index (χ4v) is 3.04. The van der Waals surface area contributed by atoms with E-state index in [9.17, 15) is 4.79 Å². The lowest BCUT2D eigenvalue weighted by Crippen LogP contribution is -2.03. The highest BCUT2D eigenvalue weighted by Crippen LogP contribution is 2.35. The number of carbonyl (C=O) groups excluding carboxylic acids is 1. The van der Waals surface area contributed by atoms with Gasteiger partial charge in [0, 0.05) is 29.4 Å². The number of halogens is 1. The van der Waals surface area contributed by atoms with Crippen LogP contribution in [0.3, 0.4) is 0 Å². The van der Waals surface area contributed by atoms with E-state index in [0.717, 1.165) is 33.5 Å². The number of nitrogens with zero attached hydrogens (tertiary/aromatic N) is 3. The molecule has 0 saturated carbocycles. The van der Waals surface area contributed by atoms with Crippen LogP contribution in [0.2, 0.25) is 5.15 Å². The number of hydrogen-bond acceptors (Lipinski definition) is 4. The molecule has 3 aromatic rings. The SMILES string of the molecule is COc1cc2c(cc1-n1nc(C)c3cnc(Cl)cc31)CC(=O)N2. The van der Waals surface area contributed by atoms with Crippen LogP contribution in [0.15, 0.2) is 24.4 Å². The summed E-state index contributed by atoms with van der Waals surface area (Å²) >= 11 is 6.04. The zero-order chi connectivity index (χ0) is 16.1. The van der Waals surface area contributed by atoms with Crippen LogP contribution >= 0.6 is 11.6 Å².